The van der Waals surface area contributed by atoms with Gasteiger partial charge >= 0.3 is 0 Å². The maximum absolute atomic E-state index is 12.4. The molecule has 1 heterocycles. The van der Waals surface area contributed by atoms with E-state index in [9.17, 15) is 4.79 Å². The van der Waals surface area contributed by atoms with Gasteiger partial charge in [0, 0.05) is 17.7 Å². The van der Waals surface area contributed by atoms with Crippen molar-refractivity contribution < 1.29 is 0 Å². The highest BCUT2D eigenvalue weighted by Crippen LogP contribution is 2.23. The van der Waals surface area contributed by atoms with Crippen LogP contribution in [0, 0.1) is 0 Å². The minimum absolute atomic E-state index is 0.00540. The summed E-state index contributed by atoms with van der Waals surface area (Å²) in [6.07, 6.45) is 2.07. The molecule has 0 saturated heterocycles. The molecule has 3 nitrogen and oxygen atoms in total. The van der Waals surface area contributed by atoms with Gasteiger partial charge in [0.15, 0.2) is 5.16 Å². The van der Waals surface area contributed by atoms with Crippen LogP contribution in [-0.2, 0) is 12.8 Å². The van der Waals surface area contributed by atoms with Crippen LogP contribution in [-0.4, -0.2) is 15.8 Å². The van der Waals surface area contributed by atoms with Crippen LogP contribution < -0.4 is 5.56 Å². The Kier molecular flexibility index (Phi) is 4.55. The van der Waals surface area contributed by atoms with Gasteiger partial charge in [0.1, 0.15) is 0 Å². The molecular weight excluding hydrogens is 312 g/mol. The highest BCUT2D eigenvalue weighted by atomic mass is 32.2. The minimum atomic E-state index is 0.00540. The second-order valence-corrected chi connectivity index (χ2v) is 6.73. The fourth-order valence-electron chi connectivity index (χ4n) is 2.20. The summed E-state index contributed by atoms with van der Waals surface area (Å²) in [5.74, 6) is 0.799. The van der Waals surface area contributed by atoms with E-state index in [-0.39, 0.29) is 5.56 Å². The summed E-state index contributed by atoms with van der Waals surface area (Å²) < 4.78 is 1.63. The summed E-state index contributed by atoms with van der Waals surface area (Å²) in [5, 5.41) is 1.41. The quantitative estimate of drug-likeness (QED) is 0.536. The van der Waals surface area contributed by atoms with Crippen molar-refractivity contribution in [3.63, 3.8) is 0 Å². The summed E-state index contributed by atoms with van der Waals surface area (Å²) in [4.78, 5) is 18.2. The second-order valence-electron chi connectivity index (χ2n) is 4.91. The number of aromatic nitrogens is 2. The van der Waals surface area contributed by atoms with Crippen LogP contribution in [0.15, 0.2) is 63.4 Å². The van der Waals surface area contributed by atoms with E-state index in [0.717, 1.165) is 16.4 Å². The van der Waals surface area contributed by atoms with Crippen molar-refractivity contribution in [3.8, 4) is 0 Å². The van der Waals surface area contributed by atoms with Crippen LogP contribution >= 0.6 is 23.5 Å². The van der Waals surface area contributed by atoms with Gasteiger partial charge in [0.05, 0.1) is 10.9 Å². The van der Waals surface area contributed by atoms with Gasteiger partial charge < -0.3 is 0 Å². The number of thioether (sulfide) groups is 2. The van der Waals surface area contributed by atoms with Crippen LogP contribution in [0.5, 0.6) is 0 Å². The Morgan fingerprint density at radius 3 is 2.55 bits per heavy atom. The van der Waals surface area contributed by atoms with Gasteiger partial charge in [-0.15, -0.1) is 11.8 Å². The standard InChI is InChI=1S/C17H16N2OS2/c1-19-16(20)14-5-3-4-6-15(14)18-17(19)22-11-12-7-9-13(21-2)10-8-12/h3-10H,11H2,1-2H3. The third-order valence-corrected chi connectivity index (χ3v) is 5.31. The van der Waals surface area contributed by atoms with E-state index >= 15 is 0 Å². The molecule has 112 valence electrons. The van der Waals surface area contributed by atoms with E-state index in [1.54, 1.807) is 35.1 Å². The molecule has 0 saturated carbocycles. The molecule has 0 amide bonds. The van der Waals surface area contributed by atoms with Crippen molar-refractivity contribution in [2.45, 2.75) is 15.8 Å². The van der Waals surface area contributed by atoms with E-state index in [2.05, 4.69) is 35.5 Å². The van der Waals surface area contributed by atoms with Crippen molar-refractivity contribution >= 4 is 34.4 Å². The van der Waals surface area contributed by atoms with Crippen LogP contribution in [0.4, 0.5) is 0 Å². The monoisotopic (exact) mass is 328 g/mol. The van der Waals surface area contributed by atoms with E-state index in [0.29, 0.717) is 5.39 Å². The molecule has 0 N–H and O–H groups in total. The van der Waals surface area contributed by atoms with Gasteiger partial charge in [-0.05, 0) is 36.1 Å². The Balaban J connectivity index is 1.87. The Bertz CT molecular complexity index is 857. The number of hydrogen-bond donors (Lipinski definition) is 0. The van der Waals surface area contributed by atoms with Crippen molar-refractivity contribution in [2.75, 3.05) is 6.26 Å². The molecule has 0 aliphatic carbocycles. The second kappa shape index (κ2) is 6.58. The lowest BCUT2D eigenvalue weighted by Gasteiger charge is -2.08. The first-order valence-electron chi connectivity index (χ1n) is 6.90. The van der Waals surface area contributed by atoms with Crippen molar-refractivity contribution in [2.24, 2.45) is 7.05 Å². The average molecular weight is 328 g/mol. The first-order chi connectivity index (χ1) is 10.7. The Labute approximate surface area is 137 Å². The zero-order valence-corrected chi connectivity index (χ0v) is 14.1. The van der Waals surface area contributed by atoms with Crippen molar-refractivity contribution in [1.29, 1.82) is 0 Å². The molecule has 0 atom stereocenters. The number of rotatable bonds is 4. The maximum atomic E-state index is 12.4. The number of nitrogens with zero attached hydrogens (tertiary/aromatic N) is 2. The fourth-order valence-corrected chi connectivity index (χ4v) is 3.53. The summed E-state index contributed by atoms with van der Waals surface area (Å²) in [7, 11) is 1.78. The molecule has 22 heavy (non-hydrogen) atoms. The van der Waals surface area contributed by atoms with Gasteiger partial charge in [0.25, 0.3) is 5.56 Å². The highest BCUT2D eigenvalue weighted by molar-refractivity contribution is 7.98. The van der Waals surface area contributed by atoms with Crippen LogP contribution in [0.1, 0.15) is 5.56 Å². The van der Waals surface area contributed by atoms with Crippen molar-refractivity contribution in [3.05, 3.63) is 64.4 Å². The van der Waals surface area contributed by atoms with Gasteiger partial charge in [-0.1, -0.05) is 36.0 Å². The smallest absolute Gasteiger partial charge is 0.261 e. The third-order valence-electron chi connectivity index (χ3n) is 3.47. The molecule has 2 aromatic carbocycles. The molecule has 0 aliphatic heterocycles. The van der Waals surface area contributed by atoms with Gasteiger partial charge in [-0.3, -0.25) is 9.36 Å². The molecule has 0 spiro atoms. The number of fused-ring (bicyclic) bond motifs is 1. The minimum Gasteiger partial charge on any atom is -0.290 e. The first-order valence-corrected chi connectivity index (χ1v) is 9.11. The normalized spacial score (nSPS) is 11.0. The summed E-state index contributed by atoms with van der Waals surface area (Å²) in [6, 6.07) is 16.0. The predicted molar refractivity (Wildman–Crippen MR) is 94.8 cm³/mol. The molecule has 3 rings (SSSR count). The number of para-hydroxylation sites is 1. The summed E-state index contributed by atoms with van der Waals surface area (Å²) in [5.41, 5.74) is 1.99. The van der Waals surface area contributed by atoms with E-state index in [4.69, 9.17) is 0 Å². The SMILES string of the molecule is CSc1ccc(CSc2nc3ccccc3c(=O)n2C)cc1. The lowest BCUT2D eigenvalue weighted by Crippen LogP contribution is -2.19. The van der Waals surface area contributed by atoms with E-state index in [1.807, 2.05) is 24.3 Å². The third kappa shape index (κ3) is 3.05. The van der Waals surface area contributed by atoms with Crippen LogP contribution in [0.3, 0.4) is 0 Å². The molecule has 0 radical (unpaired) electrons. The molecule has 3 aromatic rings. The lowest BCUT2D eigenvalue weighted by molar-refractivity contribution is 0.726. The summed E-state index contributed by atoms with van der Waals surface area (Å²) in [6.45, 7) is 0. The average Bonchev–Trinajstić information content (AvgIpc) is 2.57. The zero-order valence-electron chi connectivity index (χ0n) is 12.4. The number of hydrogen-bond acceptors (Lipinski definition) is 4. The van der Waals surface area contributed by atoms with E-state index < -0.39 is 0 Å². The maximum Gasteiger partial charge on any atom is 0.261 e. The van der Waals surface area contributed by atoms with Crippen LogP contribution in [0.25, 0.3) is 10.9 Å². The predicted octanol–water partition coefficient (Wildman–Crippen LogP) is 3.95. The molecule has 0 bridgehead atoms. The van der Waals surface area contributed by atoms with Gasteiger partial charge in [-0.25, -0.2) is 4.98 Å². The first kappa shape index (κ1) is 15.2. The molecule has 0 unspecified atom stereocenters. The highest BCUT2D eigenvalue weighted by Gasteiger charge is 2.08. The Morgan fingerprint density at radius 1 is 1.09 bits per heavy atom. The number of benzene rings is 2. The van der Waals surface area contributed by atoms with Gasteiger partial charge in [-0.2, -0.15) is 0 Å². The molecule has 0 aliphatic rings. The van der Waals surface area contributed by atoms with Crippen molar-refractivity contribution in [1.82, 2.24) is 9.55 Å². The zero-order chi connectivity index (χ0) is 15.5. The Hall–Kier alpha value is -1.72. The van der Waals surface area contributed by atoms with Gasteiger partial charge in [0.2, 0.25) is 0 Å². The Morgan fingerprint density at radius 2 is 1.82 bits per heavy atom. The summed E-state index contributed by atoms with van der Waals surface area (Å²) >= 11 is 3.32. The molecule has 1 aromatic heterocycles. The van der Waals surface area contributed by atoms with E-state index in [1.165, 1.54) is 10.5 Å². The largest absolute Gasteiger partial charge is 0.290 e. The molecular formula is C17H16N2OS2. The van der Waals surface area contributed by atoms with Crippen LogP contribution in [0.2, 0.25) is 0 Å². The lowest BCUT2D eigenvalue weighted by atomic mass is 10.2. The topological polar surface area (TPSA) is 34.9 Å². The molecule has 5 heteroatoms. The molecule has 0 fully saturated rings. The fraction of sp³-hybridized carbons (Fsp3) is 0.176.